The summed E-state index contributed by atoms with van der Waals surface area (Å²) in [6.07, 6.45) is 4.53. The summed E-state index contributed by atoms with van der Waals surface area (Å²) in [5.41, 5.74) is 2.80. The summed E-state index contributed by atoms with van der Waals surface area (Å²) in [5.74, 6) is 1.38. The van der Waals surface area contributed by atoms with Gasteiger partial charge in [-0.25, -0.2) is 0 Å². The highest BCUT2D eigenvalue weighted by Crippen LogP contribution is 2.36. The molecule has 2 rings (SSSR count). The molecule has 0 aliphatic heterocycles. The Labute approximate surface area is 73.8 Å². The Morgan fingerprint density at radius 3 is 2.75 bits per heavy atom. The molecule has 0 spiro atoms. The molecular formula is C11H15N. The van der Waals surface area contributed by atoms with Gasteiger partial charge in [0.1, 0.15) is 0 Å². The smallest absolute Gasteiger partial charge is 0.0466 e. The lowest BCUT2D eigenvalue weighted by atomic mass is 9.81. The van der Waals surface area contributed by atoms with Crippen molar-refractivity contribution in [1.82, 2.24) is 4.98 Å². The van der Waals surface area contributed by atoms with Crippen LogP contribution in [0, 0.1) is 0 Å². The zero-order valence-electron chi connectivity index (χ0n) is 7.75. The Morgan fingerprint density at radius 2 is 2.00 bits per heavy atom. The van der Waals surface area contributed by atoms with E-state index in [0.717, 1.165) is 0 Å². The first-order valence-electron chi connectivity index (χ1n) is 4.74. The molecule has 1 heteroatoms. The van der Waals surface area contributed by atoms with Crippen LogP contribution in [-0.2, 0) is 0 Å². The van der Waals surface area contributed by atoms with Crippen LogP contribution < -0.4 is 0 Å². The molecule has 2 atom stereocenters. The van der Waals surface area contributed by atoms with Crippen molar-refractivity contribution >= 4 is 0 Å². The van der Waals surface area contributed by atoms with Crippen LogP contribution in [0.5, 0.6) is 0 Å². The van der Waals surface area contributed by atoms with Crippen molar-refractivity contribution in [2.45, 2.75) is 38.5 Å². The van der Waals surface area contributed by atoms with Crippen LogP contribution in [0.25, 0.3) is 0 Å². The standard InChI is InChI=1S/C11H15N/c1-8-5-6-9(2)11-10(8)4-3-7-12-11/h3-4,7-9H,5-6H2,1-2H3. The Morgan fingerprint density at radius 1 is 1.25 bits per heavy atom. The van der Waals surface area contributed by atoms with Gasteiger partial charge in [-0.05, 0) is 36.3 Å². The molecule has 12 heavy (non-hydrogen) atoms. The van der Waals surface area contributed by atoms with Gasteiger partial charge in [-0.2, -0.15) is 0 Å². The van der Waals surface area contributed by atoms with Crippen LogP contribution in [0.15, 0.2) is 18.3 Å². The largest absolute Gasteiger partial charge is 0.261 e. The van der Waals surface area contributed by atoms with E-state index in [2.05, 4.69) is 24.9 Å². The summed E-state index contributed by atoms with van der Waals surface area (Å²) in [5, 5.41) is 0. The summed E-state index contributed by atoms with van der Waals surface area (Å²) in [6.45, 7) is 4.57. The van der Waals surface area contributed by atoms with Crippen molar-refractivity contribution in [2.24, 2.45) is 0 Å². The minimum absolute atomic E-state index is 0.664. The summed E-state index contributed by atoms with van der Waals surface area (Å²) in [4.78, 5) is 4.45. The SMILES string of the molecule is CC1CCC(C)c2ncccc21. The lowest BCUT2D eigenvalue weighted by Crippen LogP contribution is -2.11. The maximum atomic E-state index is 4.45. The van der Waals surface area contributed by atoms with Crippen LogP contribution in [0.4, 0.5) is 0 Å². The number of pyridine rings is 1. The monoisotopic (exact) mass is 161 g/mol. The number of hydrogen-bond donors (Lipinski definition) is 0. The zero-order valence-corrected chi connectivity index (χ0v) is 7.75. The molecule has 0 saturated heterocycles. The van der Waals surface area contributed by atoms with Gasteiger partial charge in [-0.1, -0.05) is 19.9 Å². The van der Waals surface area contributed by atoms with E-state index >= 15 is 0 Å². The molecule has 0 aromatic carbocycles. The Hall–Kier alpha value is -0.850. The van der Waals surface area contributed by atoms with E-state index in [4.69, 9.17) is 0 Å². The highest BCUT2D eigenvalue weighted by Gasteiger charge is 2.21. The first-order valence-corrected chi connectivity index (χ1v) is 4.74. The number of fused-ring (bicyclic) bond motifs is 1. The molecule has 0 saturated carbocycles. The van der Waals surface area contributed by atoms with Crippen LogP contribution in [0.2, 0.25) is 0 Å². The summed E-state index contributed by atoms with van der Waals surface area (Å²) in [7, 11) is 0. The van der Waals surface area contributed by atoms with Crippen molar-refractivity contribution in [3.8, 4) is 0 Å². The number of nitrogens with zero attached hydrogens (tertiary/aromatic N) is 1. The summed E-state index contributed by atoms with van der Waals surface area (Å²) < 4.78 is 0. The molecule has 1 aliphatic carbocycles. The number of rotatable bonds is 0. The Bertz CT molecular complexity index is 251. The topological polar surface area (TPSA) is 12.9 Å². The fraction of sp³-hybridized carbons (Fsp3) is 0.545. The van der Waals surface area contributed by atoms with Gasteiger partial charge < -0.3 is 0 Å². The van der Waals surface area contributed by atoms with Gasteiger partial charge in [0.25, 0.3) is 0 Å². The third kappa shape index (κ3) is 1.13. The van der Waals surface area contributed by atoms with Crippen molar-refractivity contribution in [2.75, 3.05) is 0 Å². The third-order valence-corrected chi connectivity index (χ3v) is 2.90. The molecule has 1 aromatic heterocycles. The number of aromatic nitrogens is 1. The van der Waals surface area contributed by atoms with Gasteiger partial charge in [0.05, 0.1) is 0 Å². The zero-order chi connectivity index (χ0) is 8.55. The van der Waals surface area contributed by atoms with Crippen LogP contribution in [0.1, 0.15) is 49.8 Å². The van der Waals surface area contributed by atoms with Gasteiger partial charge in [0.15, 0.2) is 0 Å². The minimum Gasteiger partial charge on any atom is -0.261 e. The molecular weight excluding hydrogens is 146 g/mol. The minimum atomic E-state index is 0.664. The first-order chi connectivity index (χ1) is 5.79. The molecule has 1 aliphatic rings. The highest BCUT2D eigenvalue weighted by atomic mass is 14.7. The second kappa shape index (κ2) is 2.89. The predicted molar refractivity (Wildman–Crippen MR) is 50.3 cm³/mol. The molecule has 1 nitrogen and oxygen atoms in total. The maximum absolute atomic E-state index is 4.45. The van der Waals surface area contributed by atoms with Gasteiger partial charge >= 0.3 is 0 Å². The van der Waals surface area contributed by atoms with Crippen LogP contribution in [0.3, 0.4) is 0 Å². The first kappa shape index (κ1) is 7.78. The molecule has 0 fully saturated rings. The van der Waals surface area contributed by atoms with Crippen molar-refractivity contribution in [3.05, 3.63) is 29.6 Å². The fourth-order valence-corrected chi connectivity index (χ4v) is 2.05. The molecule has 64 valence electrons. The lowest BCUT2D eigenvalue weighted by molar-refractivity contribution is 0.514. The van der Waals surface area contributed by atoms with Crippen molar-refractivity contribution < 1.29 is 0 Å². The van der Waals surface area contributed by atoms with E-state index in [0.29, 0.717) is 11.8 Å². The Kier molecular flexibility index (Phi) is 1.87. The van der Waals surface area contributed by atoms with E-state index in [9.17, 15) is 0 Å². The second-order valence-corrected chi connectivity index (χ2v) is 3.86. The lowest BCUT2D eigenvalue weighted by Gasteiger charge is -2.25. The molecule has 1 aromatic rings. The van der Waals surface area contributed by atoms with E-state index in [1.54, 1.807) is 0 Å². The van der Waals surface area contributed by atoms with Crippen molar-refractivity contribution in [3.63, 3.8) is 0 Å². The highest BCUT2D eigenvalue weighted by molar-refractivity contribution is 5.28. The average Bonchev–Trinajstić information content (AvgIpc) is 2.12. The quantitative estimate of drug-likeness (QED) is 0.569. The Balaban J connectivity index is 2.47. The van der Waals surface area contributed by atoms with Gasteiger partial charge in [0, 0.05) is 11.9 Å². The molecule has 0 bridgehead atoms. The normalized spacial score (nSPS) is 28.2. The van der Waals surface area contributed by atoms with E-state index in [1.165, 1.54) is 24.1 Å². The molecule has 2 unspecified atom stereocenters. The molecule has 0 amide bonds. The van der Waals surface area contributed by atoms with Gasteiger partial charge in [-0.3, -0.25) is 4.98 Å². The summed E-state index contributed by atoms with van der Waals surface area (Å²) >= 11 is 0. The number of hydrogen-bond acceptors (Lipinski definition) is 1. The molecule has 1 heterocycles. The summed E-state index contributed by atoms with van der Waals surface area (Å²) in [6, 6.07) is 4.27. The third-order valence-electron chi connectivity index (χ3n) is 2.90. The van der Waals surface area contributed by atoms with E-state index < -0.39 is 0 Å². The fourth-order valence-electron chi connectivity index (χ4n) is 2.05. The molecule has 0 radical (unpaired) electrons. The van der Waals surface area contributed by atoms with Crippen LogP contribution in [-0.4, -0.2) is 4.98 Å². The second-order valence-electron chi connectivity index (χ2n) is 3.86. The van der Waals surface area contributed by atoms with Crippen LogP contribution >= 0.6 is 0 Å². The van der Waals surface area contributed by atoms with E-state index in [-0.39, 0.29) is 0 Å². The van der Waals surface area contributed by atoms with E-state index in [1.807, 2.05) is 12.3 Å². The average molecular weight is 161 g/mol. The van der Waals surface area contributed by atoms with Gasteiger partial charge in [-0.15, -0.1) is 0 Å². The predicted octanol–water partition coefficient (Wildman–Crippen LogP) is 3.08. The maximum Gasteiger partial charge on any atom is 0.0466 e. The van der Waals surface area contributed by atoms with Crippen molar-refractivity contribution in [1.29, 1.82) is 0 Å². The van der Waals surface area contributed by atoms with Gasteiger partial charge in [0.2, 0.25) is 0 Å². The molecule has 0 N–H and O–H groups in total.